The summed E-state index contributed by atoms with van der Waals surface area (Å²) in [5.74, 6) is 2.67. The third kappa shape index (κ3) is 1.89. The number of aliphatic imine (C=N–C) groups is 1. The second-order valence-electron chi connectivity index (χ2n) is 7.66. The van der Waals surface area contributed by atoms with Crippen LogP contribution in [0.2, 0.25) is 0 Å². The van der Waals surface area contributed by atoms with Gasteiger partial charge in [0.05, 0.1) is 8.43 Å². The van der Waals surface area contributed by atoms with Crippen LogP contribution in [0.25, 0.3) is 0 Å². The third-order valence-electron chi connectivity index (χ3n) is 6.62. The second-order valence-corrected chi connectivity index (χ2v) is 7.66. The van der Waals surface area contributed by atoms with Gasteiger partial charge in [0.1, 0.15) is 5.41 Å². The van der Waals surface area contributed by atoms with E-state index in [0.717, 1.165) is 31.4 Å². The number of hydrogen-bond donors (Lipinski definition) is 0. The van der Waals surface area contributed by atoms with Crippen LogP contribution in [0, 0.1) is 29.1 Å². The molecule has 4 saturated carbocycles. The maximum Gasteiger partial charge on any atom is 0.216 e. The molecule has 1 aliphatic heterocycles. The molecule has 0 N–H and O–H groups in total. The predicted molar refractivity (Wildman–Crippen MR) is 89.5 cm³/mol. The van der Waals surface area contributed by atoms with Gasteiger partial charge in [-0.1, -0.05) is 18.2 Å². The van der Waals surface area contributed by atoms with Gasteiger partial charge < -0.3 is 9.47 Å². The monoisotopic (exact) mass is 316 g/mol. The van der Waals surface area contributed by atoms with Crippen LogP contribution in [-0.4, -0.2) is 18.7 Å². The summed E-state index contributed by atoms with van der Waals surface area (Å²) in [7, 11) is 0. The summed E-state index contributed by atoms with van der Waals surface area (Å²) < 4.78 is 49.9. The number of ether oxygens (including phenoxy) is 2. The van der Waals surface area contributed by atoms with Crippen molar-refractivity contribution in [1.29, 1.82) is 0 Å². The maximum absolute atomic E-state index is 7.95. The fourth-order valence-electron chi connectivity index (χ4n) is 5.96. The average molecular weight is 316 g/mol. The molecule has 3 nitrogen and oxygen atoms in total. The number of benzene rings is 1. The van der Waals surface area contributed by atoms with Crippen molar-refractivity contribution in [3.8, 4) is 0 Å². The highest BCUT2D eigenvalue weighted by atomic mass is 16.7. The van der Waals surface area contributed by atoms with Crippen LogP contribution in [0.5, 0.6) is 0 Å². The fraction of sp³-hybridized carbons (Fsp3) is 0.650. The van der Waals surface area contributed by atoms with Crippen molar-refractivity contribution in [2.45, 2.75) is 45.2 Å². The molecule has 1 unspecified atom stereocenters. The lowest BCUT2D eigenvalue weighted by Gasteiger charge is -2.66. The van der Waals surface area contributed by atoms with Crippen LogP contribution in [0.3, 0.4) is 0 Å². The Morgan fingerprint density at radius 2 is 1.87 bits per heavy atom. The largest absolute Gasteiger partial charge is 0.450 e. The standard InChI is InChI=1S/C20H25NO2/c1-2-22-19-20(18(23-19)21-17-6-4-3-5-7-17)15-9-13-8-14(11-15)12-16(20)10-13/h3-7,13-16,19H,2,8-12H2,1H3/i1D3,2D2. The molecule has 1 atom stereocenters. The Kier molecular flexibility index (Phi) is 2.17. The SMILES string of the molecule is [2H]C([2H])([2H])C([2H])([2H])OC1OC(=Nc2ccccc2)C12C1CC3CC(C1)CC2C3. The number of rotatable bonds is 3. The fourth-order valence-corrected chi connectivity index (χ4v) is 5.96. The minimum absolute atomic E-state index is 0.317. The summed E-state index contributed by atoms with van der Waals surface area (Å²) in [6, 6.07) is 9.60. The van der Waals surface area contributed by atoms with E-state index < -0.39 is 25.1 Å². The molecule has 5 fully saturated rings. The highest BCUT2D eigenvalue weighted by molar-refractivity contribution is 5.91. The summed E-state index contributed by atoms with van der Waals surface area (Å²) in [5.41, 5.74) is 0.296. The molecule has 1 saturated heterocycles. The Labute approximate surface area is 145 Å². The Bertz CT molecular complexity index is 764. The predicted octanol–water partition coefficient (Wildman–Crippen LogP) is 4.55. The zero-order chi connectivity index (χ0) is 19.7. The molecular weight excluding hydrogens is 286 g/mol. The van der Waals surface area contributed by atoms with Gasteiger partial charge in [0.25, 0.3) is 0 Å². The van der Waals surface area contributed by atoms with Crippen LogP contribution >= 0.6 is 0 Å². The van der Waals surface area contributed by atoms with E-state index in [9.17, 15) is 0 Å². The first-order chi connectivity index (χ1) is 13.2. The molecule has 1 spiro atoms. The lowest BCUT2D eigenvalue weighted by molar-refractivity contribution is -0.273. The summed E-state index contributed by atoms with van der Waals surface area (Å²) in [4.78, 5) is 4.76. The van der Waals surface area contributed by atoms with Crippen LogP contribution in [0.15, 0.2) is 35.3 Å². The minimum atomic E-state index is -2.87. The summed E-state index contributed by atoms with van der Waals surface area (Å²) >= 11 is 0. The van der Waals surface area contributed by atoms with E-state index in [1.807, 2.05) is 30.3 Å². The minimum Gasteiger partial charge on any atom is -0.450 e. The molecule has 1 aromatic rings. The molecule has 4 bridgehead atoms. The molecule has 3 heteroatoms. The van der Waals surface area contributed by atoms with Gasteiger partial charge in [-0.05, 0) is 74.8 Å². The summed E-state index contributed by atoms with van der Waals surface area (Å²) in [6.07, 6.45) is 4.68. The van der Waals surface area contributed by atoms with E-state index in [4.69, 9.17) is 21.3 Å². The first-order valence-electron chi connectivity index (χ1n) is 11.2. The van der Waals surface area contributed by atoms with Gasteiger partial charge in [-0.2, -0.15) is 0 Å². The van der Waals surface area contributed by atoms with Crippen LogP contribution in [0.4, 0.5) is 5.69 Å². The lowest BCUT2D eigenvalue weighted by Crippen LogP contribution is -2.70. The zero-order valence-corrected chi connectivity index (χ0v) is 13.1. The Morgan fingerprint density at radius 1 is 1.17 bits per heavy atom. The molecule has 0 amide bonds. The van der Waals surface area contributed by atoms with Crippen molar-refractivity contribution in [1.82, 2.24) is 0 Å². The first kappa shape index (κ1) is 9.83. The van der Waals surface area contributed by atoms with Gasteiger partial charge in [-0.3, -0.25) is 0 Å². The number of hydrogen-bond acceptors (Lipinski definition) is 3. The van der Waals surface area contributed by atoms with E-state index in [1.54, 1.807) is 0 Å². The highest BCUT2D eigenvalue weighted by Gasteiger charge is 2.70. The quantitative estimate of drug-likeness (QED) is 0.819. The van der Waals surface area contributed by atoms with Crippen molar-refractivity contribution in [2.75, 3.05) is 6.56 Å². The number of nitrogens with zero attached hydrogens (tertiary/aromatic N) is 1. The van der Waals surface area contributed by atoms with Gasteiger partial charge in [0.2, 0.25) is 12.2 Å². The van der Waals surface area contributed by atoms with E-state index >= 15 is 0 Å². The number of para-hydroxylation sites is 1. The maximum atomic E-state index is 7.95. The first-order valence-corrected chi connectivity index (χ1v) is 8.69. The smallest absolute Gasteiger partial charge is 0.216 e. The van der Waals surface area contributed by atoms with E-state index in [-0.39, 0.29) is 0 Å². The molecule has 5 aliphatic rings. The zero-order valence-electron chi connectivity index (χ0n) is 18.1. The average Bonchev–Trinajstić information content (AvgIpc) is 2.59. The molecule has 1 aromatic carbocycles. The van der Waals surface area contributed by atoms with Crippen molar-refractivity contribution in [2.24, 2.45) is 34.1 Å². The molecule has 6 rings (SSSR count). The normalized spacial score (nSPS) is 49.7. The molecule has 0 radical (unpaired) electrons. The van der Waals surface area contributed by atoms with Gasteiger partial charge in [-0.25, -0.2) is 4.99 Å². The van der Waals surface area contributed by atoms with Crippen LogP contribution in [-0.2, 0) is 9.47 Å². The van der Waals surface area contributed by atoms with Gasteiger partial charge in [0.15, 0.2) is 0 Å². The molecule has 23 heavy (non-hydrogen) atoms. The molecule has 122 valence electrons. The lowest BCUT2D eigenvalue weighted by atomic mass is 9.43. The van der Waals surface area contributed by atoms with Crippen molar-refractivity contribution >= 4 is 11.6 Å². The van der Waals surface area contributed by atoms with Crippen molar-refractivity contribution in [3.63, 3.8) is 0 Å². The summed E-state index contributed by atoms with van der Waals surface area (Å²) in [6.45, 7) is -5.62. The van der Waals surface area contributed by atoms with Gasteiger partial charge in [-0.15, -0.1) is 0 Å². The van der Waals surface area contributed by atoms with Crippen molar-refractivity contribution < 1.29 is 16.3 Å². The Balaban J connectivity index is 1.52. The van der Waals surface area contributed by atoms with Crippen LogP contribution < -0.4 is 0 Å². The second kappa shape index (κ2) is 5.07. The topological polar surface area (TPSA) is 30.8 Å². The van der Waals surface area contributed by atoms with E-state index in [1.165, 1.54) is 6.42 Å². The third-order valence-corrected chi connectivity index (χ3v) is 6.62. The Morgan fingerprint density at radius 3 is 2.52 bits per heavy atom. The molecular formula is C20H25NO2. The van der Waals surface area contributed by atoms with Crippen molar-refractivity contribution in [3.05, 3.63) is 30.3 Å². The van der Waals surface area contributed by atoms with Gasteiger partial charge >= 0.3 is 0 Å². The van der Waals surface area contributed by atoms with E-state index in [0.29, 0.717) is 29.6 Å². The summed E-state index contributed by atoms with van der Waals surface area (Å²) in [5, 5.41) is 0. The van der Waals surface area contributed by atoms with E-state index in [2.05, 4.69) is 0 Å². The molecule has 0 aromatic heterocycles. The van der Waals surface area contributed by atoms with Gasteiger partial charge in [0, 0.05) is 10.7 Å². The molecule has 4 aliphatic carbocycles. The molecule has 1 heterocycles. The highest BCUT2D eigenvalue weighted by Crippen LogP contribution is 2.67. The van der Waals surface area contributed by atoms with Crippen LogP contribution in [0.1, 0.15) is 45.8 Å². The Hall–Kier alpha value is -1.35.